The predicted molar refractivity (Wildman–Crippen MR) is 116 cm³/mol. The fraction of sp³-hybridized carbons (Fsp3) is 0.286. The Hall–Kier alpha value is -3.13. The molecule has 0 atom stereocenters. The summed E-state index contributed by atoms with van der Waals surface area (Å²) in [6.07, 6.45) is 4.34. The minimum atomic E-state index is -0.399. The predicted octanol–water partition coefficient (Wildman–Crippen LogP) is 2.76. The molecule has 0 fully saturated rings. The molecule has 0 spiro atoms. The van der Waals surface area contributed by atoms with E-state index >= 15 is 0 Å². The second-order valence-corrected chi connectivity index (χ2v) is 7.88. The molecule has 7 nitrogen and oxygen atoms in total. The highest BCUT2D eigenvalue weighted by atomic mass is 32.1. The molecule has 0 bridgehead atoms. The molecule has 0 aliphatic carbocycles. The number of hydrogen-bond acceptors (Lipinski definition) is 4. The van der Waals surface area contributed by atoms with E-state index in [9.17, 15) is 14.4 Å². The summed E-state index contributed by atoms with van der Waals surface area (Å²) in [5.41, 5.74) is 2.20. The normalized spacial score (nSPS) is 11.3. The first-order chi connectivity index (χ1) is 14.1. The molecule has 0 aliphatic heterocycles. The highest BCUT2D eigenvalue weighted by Gasteiger charge is 2.09. The summed E-state index contributed by atoms with van der Waals surface area (Å²) >= 11 is 1.32. The van der Waals surface area contributed by atoms with Crippen LogP contribution in [0.3, 0.4) is 0 Å². The number of H-pyrrole nitrogens is 2. The fourth-order valence-corrected chi connectivity index (χ4v) is 4.29. The van der Waals surface area contributed by atoms with Crippen LogP contribution in [0.25, 0.3) is 21.1 Å². The van der Waals surface area contributed by atoms with Gasteiger partial charge in [0, 0.05) is 36.6 Å². The van der Waals surface area contributed by atoms with Crippen molar-refractivity contribution in [3.05, 3.63) is 68.3 Å². The molecule has 0 saturated carbocycles. The van der Waals surface area contributed by atoms with E-state index in [1.165, 1.54) is 26.9 Å². The molecular weight excluding hydrogens is 388 g/mol. The van der Waals surface area contributed by atoms with Crippen LogP contribution in [0, 0.1) is 0 Å². The van der Waals surface area contributed by atoms with E-state index in [0.29, 0.717) is 42.6 Å². The Kier molecular flexibility index (Phi) is 5.62. The van der Waals surface area contributed by atoms with Gasteiger partial charge in [-0.1, -0.05) is 18.2 Å². The lowest BCUT2D eigenvalue weighted by Crippen LogP contribution is -2.34. The van der Waals surface area contributed by atoms with Crippen molar-refractivity contribution in [3.63, 3.8) is 0 Å². The zero-order chi connectivity index (χ0) is 20.2. The summed E-state index contributed by atoms with van der Waals surface area (Å²) < 4.78 is 1.77. The van der Waals surface area contributed by atoms with Crippen LogP contribution < -0.4 is 16.6 Å². The Morgan fingerprint density at radius 2 is 1.97 bits per heavy atom. The number of carbonyl (C=O) groups is 1. The van der Waals surface area contributed by atoms with Crippen molar-refractivity contribution in [2.24, 2.45) is 0 Å². The molecule has 4 rings (SSSR count). The van der Waals surface area contributed by atoms with Crippen molar-refractivity contribution in [2.75, 3.05) is 6.54 Å². The van der Waals surface area contributed by atoms with Gasteiger partial charge >= 0.3 is 5.69 Å². The van der Waals surface area contributed by atoms with E-state index in [4.69, 9.17) is 0 Å². The van der Waals surface area contributed by atoms with E-state index < -0.39 is 5.69 Å². The van der Waals surface area contributed by atoms with Gasteiger partial charge in [-0.25, -0.2) is 4.79 Å². The lowest BCUT2D eigenvalue weighted by Gasteiger charge is -2.06. The van der Waals surface area contributed by atoms with Gasteiger partial charge in [-0.15, -0.1) is 11.3 Å². The van der Waals surface area contributed by atoms with Crippen LogP contribution in [0.15, 0.2) is 51.5 Å². The Morgan fingerprint density at radius 3 is 2.86 bits per heavy atom. The average Bonchev–Trinajstić information content (AvgIpc) is 3.34. The maximum Gasteiger partial charge on any atom is 0.328 e. The van der Waals surface area contributed by atoms with Crippen molar-refractivity contribution >= 4 is 38.4 Å². The third-order valence-corrected chi connectivity index (χ3v) is 5.92. The minimum Gasteiger partial charge on any atom is -0.361 e. The van der Waals surface area contributed by atoms with E-state index in [1.807, 2.05) is 24.4 Å². The molecule has 0 radical (unpaired) electrons. The number of unbranched alkanes of at least 4 members (excludes halogenated alkanes) is 1. The van der Waals surface area contributed by atoms with Crippen LogP contribution in [0.2, 0.25) is 0 Å². The molecule has 29 heavy (non-hydrogen) atoms. The summed E-state index contributed by atoms with van der Waals surface area (Å²) in [6, 6.07) is 9.83. The molecule has 4 aromatic rings. The van der Waals surface area contributed by atoms with E-state index in [1.54, 1.807) is 11.4 Å². The van der Waals surface area contributed by atoms with Crippen LogP contribution in [-0.4, -0.2) is 27.0 Å². The molecule has 1 amide bonds. The largest absolute Gasteiger partial charge is 0.361 e. The number of benzene rings is 1. The van der Waals surface area contributed by atoms with Gasteiger partial charge in [0.2, 0.25) is 5.91 Å². The average molecular weight is 410 g/mol. The van der Waals surface area contributed by atoms with E-state index in [0.717, 1.165) is 11.9 Å². The van der Waals surface area contributed by atoms with Crippen molar-refractivity contribution in [1.82, 2.24) is 19.9 Å². The smallest absolute Gasteiger partial charge is 0.328 e. The van der Waals surface area contributed by atoms with Gasteiger partial charge < -0.3 is 15.3 Å². The van der Waals surface area contributed by atoms with Crippen molar-refractivity contribution in [3.8, 4) is 0 Å². The summed E-state index contributed by atoms with van der Waals surface area (Å²) in [4.78, 5) is 42.4. The first kappa shape index (κ1) is 19.2. The first-order valence-corrected chi connectivity index (χ1v) is 10.5. The van der Waals surface area contributed by atoms with Crippen LogP contribution in [0.1, 0.15) is 24.8 Å². The zero-order valence-corrected chi connectivity index (χ0v) is 16.7. The third kappa shape index (κ3) is 4.17. The van der Waals surface area contributed by atoms with Gasteiger partial charge in [-0.2, -0.15) is 0 Å². The van der Waals surface area contributed by atoms with Gasteiger partial charge in [0.1, 0.15) is 4.70 Å². The Labute approximate surface area is 170 Å². The summed E-state index contributed by atoms with van der Waals surface area (Å²) in [5, 5.41) is 5.91. The number of carbonyl (C=O) groups excluding carboxylic acids is 1. The maximum absolute atomic E-state index is 12.4. The number of amides is 1. The molecule has 0 saturated heterocycles. The second-order valence-electron chi connectivity index (χ2n) is 6.97. The molecule has 3 heterocycles. The zero-order valence-electron chi connectivity index (χ0n) is 15.9. The van der Waals surface area contributed by atoms with Crippen LogP contribution in [0.4, 0.5) is 0 Å². The number of nitrogens with one attached hydrogen (secondary N) is 3. The van der Waals surface area contributed by atoms with Crippen molar-refractivity contribution in [1.29, 1.82) is 0 Å². The van der Waals surface area contributed by atoms with Crippen LogP contribution in [-0.2, 0) is 17.8 Å². The maximum atomic E-state index is 12.4. The lowest BCUT2D eigenvalue weighted by molar-refractivity contribution is -0.121. The molecule has 8 heteroatoms. The molecule has 0 unspecified atom stereocenters. The Morgan fingerprint density at radius 1 is 1.10 bits per heavy atom. The Bertz CT molecular complexity index is 1260. The molecule has 1 aromatic carbocycles. The van der Waals surface area contributed by atoms with Crippen molar-refractivity contribution in [2.45, 2.75) is 32.2 Å². The van der Waals surface area contributed by atoms with Gasteiger partial charge in [-0.3, -0.25) is 14.2 Å². The lowest BCUT2D eigenvalue weighted by atomic mass is 10.1. The third-order valence-electron chi connectivity index (χ3n) is 5.02. The fourth-order valence-electron chi connectivity index (χ4n) is 3.49. The van der Waals surface area contributed by atoms with E-state index in [-0.39, 0.29) is 11.5 Å². The van der Waals surface area contributed by atoms with Gasteiger partial charge in [0.15, 0.2) is 0 Å². The number of aromatic nitrogens is 3. The molecular formula is C21H22N4O3S. The van der Waals surface area contributed by atoms with Crippen LogP contribution in [0.5, 0.6) is 0 Å². The number of aromatic amines is 2. The topological polar surface area (TPSA) is 99.8 Å². The standard InChI is InChI=1S/C21H22N4O3S/c26-18(22-10-8-14-13-23-16-6-2-1-5-15(14)16)7-3-4-11-25-20(27)19-17(9-12-29-19)24-21(25)28/h1-2,5-6,9,12-13,23H,3-4,7-8,10-11H2,(H,22,26)(H,24,28). The number of hydrogen-bond donors (Lipinski definition) is 3. The summed E-state index contributed by atoms with van der Waals surface area (Å²) in [6.45, 7) is 0.888. The van der Waals surface area contributed by atoms with Gasteiger partial charge in [0.25, 0.3) is 5.56 Å². The number of rotatable bonds is 8. The van der Waals surface area contributed by atoms with Crippen molar-refractivity contribution < 1.29 is 4.79 Å². The molecule has 3 aromatic heterocycles. The quantitative estimate of drug-likeness (QED) is 0.390. The van der Waals surface area contributed by atoms with Crippen LogP contribution >= 0.6 is 11.3 Å². The molecule has 3 N–H and O–H groups in total. The highest BCUT2D eigenvalue weighted by Crippen LogP contribution is 2.17. The Balaban J connectivity index is 1.22. The summed E-state index contributed by atoms with van der Waals surface area (Å²) in [5.74, 6) is -0.0141. The van der Waals surface area contributed by atoms with Gasteiger partial charge in [0.05, 0.1) is 5.52 Å². The summed E-state index contributed by atoms with van der Waals surface area (Å²) in [7, 11) is 0. The SMILES string of the molecule is O=C(CCCCn1c(=O)[nH]c2ccsc2c1=O)NCCc1c[nH]c2ccccc12. The van der Waals surface area contributed by atoms with Gasteiger partial charge in [-0.05, 0) is 42.3 Å². The van der Waals surface area contributed by atoms with E-state index in [2.05, 4.69) is 21.4 Å². The second kappa shape index (κ2) is 8.48. The number of para-hydroxylation sites is 1. The number of thiophene rings is 1. The highest BCUT2D eigenvalue weighted by molar-refractivity contribution is 7.17. The number of fused-ring (bicyclic) bond motifs is 2. The first-order valence-electron chi connectivity index (χ1n) is 9.65. The monoisotopic (exact) mass is 410 g/mol. The molecule has 0 aliphatic rings. The molecule has 150 valence electrons. The minimum absolute atomic E-state index is 0.0141. The number of nitrogens with zero attached hydrogens (tertiary/aromatic N) is 1.